The quantitative estimate of drug-likeness (QED) is 0.381. The Morgan fingerprint density at radius 1 is 1.00 bits per heavy atom. The molecule has 0 fully saturated rings. The number of aromatic nitrogens is 2. The van der Waals surface area contributed by atoms with Crippen LogP contribution in [0.25, 0.3) is 16.9 Å². The molecule has 1 N–H and O–H groups in total. The van der Waals surface area contributed by atoms with Gasteiger partial charge in [0.25, 0.3) is 5.91 Å². The molecule has 0 unspecified atom stereocenters. The number of halogens is 1. The van der Waals surface area contributed by atoms with Crippen LogP contribution in [-0.2, 0) is 6.54 Å². The Bertz CT molecular complexity index is 1160. The van der Waals surface area contributed by atoms with E-state index in [4.69, 9.17) is 5.10 Å². The first kappa shape index (κ1) is 20.9. The smallest absolute Gasteiger partial charge is 0.251 e. The van der Waals surface area contributed by atoms with E-state index < -0.39 is 0 Å². The molecule has 6 heteroatoms. The minimum absolute atomic E-state index is 0.256. The maximum Gasteiger partial charge on any atom is 0.251 e. The van der Waals surface area contributed by atoms with Gasteiger partial charge in [0.1, 0.15) is 5.82 Å². The van der Waals surface area contributed by atoms with Crippen LogP contribution in [0.3, 0.4) is 0 Å². The number of amides is 1. The Morgan fingerprint density at radius 3 is 2.39 bits per heavy atom. The van der Waals surface area contributed by atoms with Crippen molar-refractivity contribution in [2.24, 2.45) is 0 Å². The summed E-state index contributed by atoms with van der Waals surface area (Å²) in [5, 5.41) is 7.72. The number of carbonyl (C=O) groups is 1. The number of rotatable bonds is 7. The number of nitrogens with one attached hydrogen (secondary N) is 1. The molecule has 0 aliphatic heterocycles. The number of hydrogen-bond acceptors (Lipinski definition) is 3. The summed E-state index contributed by atoms with van der Waals surface area (Å²) in [6, 6.07) is 23.7. The Kier molecular flexibility index (Phi) is 6.48. The van der Waals surface area contributed by atoms with Gasteiger partial charge < -0.3 is 5.32 Å². The summed E-state index contributed by atoms with van der Waals surface area (Å²) < 4.78 is 15.0. The van der Waals surface area contributed by atoms with Crippen molar-refractivity contribution in [3.8, 4) is 16.9 Å². The van der Waals surface area contributed by atoms with Crippen molar-refractivity contribution in [1.82, 2.24) is 15.1 Å². The molecule has 1 aromatic heterocycles. The molecule has 0 spiro atoms. The number of nitrogens with zero attached hydrogens (tertiary/aromatic N) is 2. The Hall–Kier alpha value is -3.38. The second kappa shape index (κ2) is 9.62. The largest absolute Gasteiger partial charge is 0.348 e. The molecule has 0 radical (unpaired) electrons. The molecule has 0 aliphatic rings. The van der Waals surface area contributed by atoms with E-state index in [0.29, 0.717) is 12.1 Å². The van der Waals surface area contributed by atoms with Gasteiger partial charge in [0.2, 0.25) is 0 Å². The highest BCUT2D eigenvalue weighted by molar-refractivity contribution is 7.99. The fraction of sp³-hybridized carbons (Fsp3) is 0.120. The highest BCUT2D eigenvalue weighted by atomic mass is 32.2. The van der Waals surface area contributed by atoms with Crippen LogP contribution in [0.2, 0.25) is 0 Å². The fourth-order valence-corrected chi connectivity index (χ4v) is 3.91. The van der Waals surface area contributed by atoms with Crippen LogP contribution in [0, 0.1) is 5.82 Å². The Morgan fingerprint density at radius 2 is 1.71 bits per heavy atom. The average Bonchev–Trinajstić information content (AvgIpc) is 3.23. The monoisotopic (exact) mass is 431 g/mol. The second-order valence-corrected chi connectivity index (χ2v) is 8.27. The molecule has 4 aromatic rings. The van der Waals surface area contributed by atoms with E-state index in [0.717, 1.165) is 28.3 Å². The van der Waals surface area contributed by atoms with Crippen LogP contribution < -0.4 is 5.32 Å². The summed E-state index contributed by atoms with van der Waals surface area (Å²) in [6.45, 7) is 2.44. The SMILES string of the molecule is CCSc1ccc(-c2nn(-c3ccccc3)cc2CNC(=O)c2ccc(F)cc2)cc1. The second-order valence-electron chi connectivity index (χ2n) is 6.93. The minimum Gasteiger partial charge on any atom is -0.348 e. The predicted molar refractivity (Wildman–Crippen MR) is 123 cm³/mol. The van der Waals surface area contributed by atoms with Crippen LogP contribution in [0.1, 0.15) is 22.8 Å². The van der Waals surface area contributed by atoms with Crippen molar-refractivity contribution in [1.29, 1.82) is 0 Å². The van der Waals surface area contributed by atoms with E-state index >= 15 is 0 Å². The molecule has 0 saturated carbocycles. The predicted octanol–water partition coefficient (Wildman–Crippen LogP) is 5.72. The van der Waals surface area contributed by atoms with Crippen molar-refractivity contribution in [3.05, 3.63) is 102 Å². The molecule has 0 bridgehead atoms. The molecule has 4 rings (SSSR count). The molecule has 0 atom stereocenters. The zero-order chi connectivity index (χ0) is 21.6. The van der Waals surface area contributed by atoms with Gasteiger partial charge in [-0.25, -0.2) is 9.07 Å². The van der Waals surface area contributed by atoms with Gasteiger partial charge in [-0.1, -0.05) is 37.3 Å². The number of para-hydroxylation sites is 1. The first-order valence-corrected chi connectivity index (χ1v) is 11.0. The van der Waals surface area contributed by atoms with Gasteiger partial charge in [-0.05, 0) is 54.3 Å². The lowest BCUT2D eigenvalue weighted by Gasteiger charge is -2.06. The van der Waals surface area contributed by atoms with Crippen LogP contribution >= 0.6 is 11.8 Å². The van der Waals surface area contributed by atoms with Crippen molar-refractivity contribution < 1.29 is 9.18 Å². The average molecular weight is 432 g/mol. The van der Waals surface area contributed by atoms with E-state index in [1.54, 1.807) is 11.8 Å². The summed E-state index contributed by atoms with van der Waals surface area (Å²) in [4.78, 5) is 13.7. The first-order chi connectivity index (χ1) is 15.1. The minimum atomic E-state index is -0.368. The zero-order valence-corrected chi connectivity index (χ0v) is 17.9. The molecule has 31 heavy (non-hydrogen) atoms. The van der Waals surface area contributed by atoms with Gasteiger partial charge in [-0.2, -0.15) is 5.10 Å². The van der Waals surface area contributed by atoms with Crippen molar-refractivity contribution in [2.75, 3.05) is 5.75 Å². The van der Waals surface area contributed by atoms with Gasteiger partial charge in [0, 0.05) is 34.3 Å². The maximum atomic E-state index is 13.1. The van der Waals surface area contributed by atoms with Crippen molar-refractivity contribution in [2.45, 2.75) is 18.4 Å². The van der Waals surface area contributed by atoms with Crippen LogP contribution in [-0.4, -0.2) is 21.4 Å². The number of benzene rings is 3. The van der Waals surface area contributed by atoms with Crippen LogP contribution in [0.5, 0.6) is 0 Å². The summed E-state index contributed by atoms with van der Waals surface area (Å²) in [5.41, 5.74) is 4.06. The van der Waals surface area contributed by atoms with Crippen LogP contribution in [0.15, 0.2) is 90.0 Å². The van der Waals surface area contributed by atoms with E-state index in [-0.39, 0.29) is 11.7 Å². The van der Waals surface area contributed by atoms with Gasteiger partial charge in [0.15, 0.2) is 0 Å². The highest BCUT2D eigenvalue weighted by Gasteiger charge is 2.14. The van der Waals surface area contributed by atoms with Crippen molar-refractivity contribution >= 4 is 17.7 Å². The molecule has 1 amide bonds. The molecule has 4 nitrogen and oxygen atoms in total. The normalized spacial score (nSPS) is 10.8. The lowest BCUT2D eigenvalue weighted by Crippen LogP contribution is -2.22. The topological polar surface area (TPSA) is 46.9 Å². The maximum absolute atomic E-state index is 13.1. The summed E-state index contributed by atoms with van der Waals surface area (Å²) in [6.07, 6.45) is 1.93. The standard InChI is InChI=1S/C25H22FN3OS/c1-2-31-23-14-10-18(11-15-23)24-20(17-29(28-24)22-6-4-3-5-7-22)16-27-25(30)19-8-12-21(26)13-9-19/h3-15,17H,2,16H2,1H3,(H,27,30). The van der Waals surface area contributed by atoms with Gasteiger partial charge in [0.05, 0.1) is 11.4 Å². The lowest BCUT2D eigenvalue weighted by molar-refractivity contribution is 0.0951. The fourth-order valence-electron chi connectivity index (χ4n) is 3.25. The van der Waals surface area contributed by atoms with Gasteiger partial charge in [-0.15, -0.1) is 11.8 Å². The lowest BCUT2D eigenvalue weighted by atomic mass is 10.1. The Labute approximate surface area is 185 Å². The molecule has 0 aliphatic carbocycles. The molecule has 1 heterocycles. The Balaban J connectivity index is 1.62. The molecule has 3 aromatic carbocycles. The number of carbonyl (C=O) groups excluding carboxylic acids is 1. The van der Waals surface area contributed by atoms with E-state index in [1.165, 1.54) is 29.2 Å². The van der Waals surface area contributed by atoms with E-state index in [2.05, 4.69) is 36.5 Å². The van der Waals surface area contributed by atoms with Gasteiger partial charge in [-0.3, -0.25) is 4.79 Å². The number of hydrogen-bond donors (Lipinski definition) is 1. The molecular formula is C25H22FN3OS. The third-order valence-corrected chi connectivity index (χ3v) is 5.69. The summed E-state index contributed by atoms with van der Waals surface area (Å²) >= 11 is 1.79. The third-order valence-electron chi connectivity index (χ3n) is 4.80. The molecule has 156 valence electrons. The molecular weight excluding hydrogens is 409 g/mol. The zero-order valence-electron chi connectivity index (χ0n) is 17.1. The summed E-state index contributed by atoms with van der Waals surface area (Å²) in [5.74, 6) is 0.392. The number of thioether (sulfide) groups is 1. The molecule has 0 saturated heterocycles. The van der Waals surface area contributed by atoms with E-state index in [1.807, 2.05) is 41.2 Å². The van der Waals surface area contributed by atoms with Crippen molar-refractivity contribution in [3.63, 3.8) is 0 Å². The first-order valence-electron chi connectivity index (χ1n) is 10.0. The van der Waals surface area contributed by atoms with Crippen LogP contribution in [0.4, 0.5) is 4.39 Å². The third kappa shape index (κ3) is 5.03. The van der Waals surface area contributed by atoms with Gasteiger partial charge >= 0.3 is 0 Å². The summed E-state index contributed by atoms with van der Waals surface area (Å²) in [7, 11) is 0. The highest BCUT2D eigenvalue weighted by Crippen LogP contribution is 2.27. The van der Waals surface area contributed by atoms with E-state index in [9.17, 15) is 9.18 Å².